The van der Waals surface area contributed by atoms with Gasteiger partial charge in [0, 0.05) is 15.7 Å². The minimum Gasteiger partial charge on any atom is -0.325 e. The first-order valence-corrected chi connectivity index (χ1v) is 8.52. The second kappa shape index (κ2) is 6.21. The molecule has 2 heterocycles. The van der Waals surface area contributed by atoms with Crippen molar-refractivity contribution in [3.63, 3.8) is 0 Å². The molecular formula is C15H14Cl2N4O3S. The number of nitrogens with one attached hydrogen (secondary N) is 2. The third kappa shape index (κ3) is 3.10. The first-order chi connectivity index (χ1) is 11.6. The topological polar surface area (TPSA) is 81.8 Å². The molecule has 0 unspecified atom stereocenters. The molecule has 0 radical (unpaired) electrons. The van der Waals surface area contributed by atoms with Crippen molar-refractivity contribution in [1.29, 1.82) is 0 Å². The number of amides is 3. The number of hydrogen-bond donors (Lipinski definition) is 2. The summed E-state index contributed by atoms with van der Waals surface area (Å²) in [7, 11) is 0. The number of halogens is 2. The van der Waals surface area contributed by atoms with E-state index in [0.717, 1.165) is 0 Å². The lowest BCUT2D eigenvalue weighted by molar-refractivity contribution is -0.154. The van der Waals surface area contributed by atoms with Crippen LogP contribution in [0, 0.1) is 0 Å². The van der Waals surface area contributed by atoms with Crippen molar-refractivity contribution in [3.8, 4) is 0 Å². The molecule has 2 saturated heterocycles. The Morgan fingerprint density at radius 2 is 1.88 bits per heavy atom. The Bertz CT molecular complexity index is 794. The van der Waals surface area contributed by atoms with Crippen LogP contribution in [0.3, 0.4) is 0 Å². The van der Waals surface area contributed by atoms with Crippen LogP contribution in [0.25, 0.3) is 0 Å². The molecule has 0 spiro atoms. The number of rotatable bonds is 2. The van der Waals surface area contributed by atoms with Gasteiger partial charge in [-0.2, -0.15) is 5.01 Å². The van der Waals surface area contributed by atoms with Crippen molar-refractivity contribution in [2.24, 2.45) is 0 Å². The van der Waals surface area contributed by atoms with Gasteiger partial charge in [0.25, 0.3) is 0 Å². The minimum absolute atomic E-state index is 0.0320. The van der Waals surface area contributed by atoms with E-state index in [0.29, 0.717) is 15.7 Å². The average molecular weight is 401 g/mol. The van der Waals surface area contributed by atoms with Crippen LogP contribution in [-0.4, -0.2) is 44.4 Å². The van der Waals surface area contributed by atoms with E-state index in [2.05, 4.69) is 10.6 Å². The summed E-state index contributed by atoms with van der Waals surface area (Å²) in [6.45, 7) is 3.23. The number of hydrazine groups is 1. The summed E-state index contributed by atoms with van der Waals surface area (Å²) < 4.78 is 0. The molecule has 2 N–H and O–H groups in total. The van der Waals surface area contributed by atoms with Crippen molar-refractivity contribution in [1.82, 2.24) is 15.3 Å². The number of thiocarbonyl (C=S) groups is 1. The highest BCUT2D eigenvalue weighted by atomic mass is 35.5. The van der Waals surface area contributed by atoms with E-state index in [1.807, 2.05) is 0 Å². The van der Waals surface area contributed by atoms with Gasteiger partial charge in [-0.1, -0.05) is 23.2 Å². The molecule has 25 heavy (non-hydrogen) atoms. The molecule has 0 bridgehead atoms. The third-order valence-electron chi connectivity index (χ3n) is 4.09. The quantitative estimate of drug-likeness (QED) is 0.741. The second-order valence-corrected chi connectivity index (χ2v) is 7.50. The van der Waals surface area contributed by atoms with Gasteiger partial charge in [-0.15, -0.1) is 0 Å². The predicted octanol–water partition coefficient (Wildman–Crippen LogP) is 1.94. The van der Waals surface area contributed by atoms with Gasteiger partial charge < -0.3 is 5.32 Å². The van der Waals surface area contributed by atoms with Gasteiger partial charge in [0.1, 0.15) is 11.6 Å². The third-order valence-corrected chi connectivity index (χ3v) is 4.80. The lowest BCUT2D eigenvalue weighted by Gasteiger charge is -2.45. The smallest absolute Gasteiger partial charge is 0.248 e. The van der Waals surface area contributed by atoms with Crippen LogP contribution in [-0.2, 0) is 14.4 Å². The monoisotopic (exact) mass is 400 g/mol. The number of fused-ring (bicyclic) bond motifs is 1. The van der Waals surface area contributed by atoms with Crippen molar-refractivity contribution in [2.75, 3.05) is 5.32 Å². The summed E-state index contributed by atoms with van der Waals surface area (Å²) in [4.78, 5) is 37.3. The summed E-state index contributed by atoms with van der Waals surface area (Å²) in [5.41, 5.74) is -0.724. The SMILES string of the molecule is CC1(C)C(=O)NC(=S)N2C(=O)C[C@H](C(=O)Nc3cc(Cl)cc(Cl)c3)N21. The zero-order valence-corrected chi connectivity index (χ0v) is 15.6. The van der Waals surface area contributed by atoms with E-state index in [-0.39, 0.29) is 23.3 Å². The van der Waals surface area contributed by atoms with Gasteiger partial charge in [0.15, 0.2) is 5.11 Å². The maximum Gasteiger partial charge on any atom is 0.248 e. The number of carbonyl (C=O) groups excluding carboxylic acids is 3. The van der Waals surface area contributed by atoms with Crippen LogP contribution in [0.5, 0.6) is 0 Å². The summed E-state index contributed by atoms with van der Waals surface area (Å²) >= 11 is 16.9. The van der Waals surface area contributed by atoms with Crippen LogP contribution in [0.15, 0.2) is 18.2 Å². The van der Waals surface area contributed by atoms with E-state index in [1.54, 1.807) is 26.0 Å². The highest BCUT2D eigenvalue weighted by Gasteiger charge is 2.56. The van der Waals surface area contributed by atoms with Gasteiger partial charge in [-0.25, -0.2) is 5.01 Å². The van der Waals surface area contributed by atoms with Gasteiger partial charge in [0.2, 0.25) is 17.7 Å². The molecule has 7 nitrogen and oxygen atoms in total. The molecule has 1 aromatic carbocycles. The molecule has 132 valence electrons. The molecule has 3 amide bonds. The molecule has 1 atom stereocenters. The maximum absolute atomic E-state index is 12.7. The standard InChI is InChI=1S/C15H14Cl2N4O3S/c1-15(2)13(24)19-14(25)20-11(22)6-10(21(15)20)12(23)18-9-4-7(16)3-8(17)5-9/h3-5,10H,6H2,1-2H3,(H,18,23)(H,19,24,25)/t10-/m1/s1. The van der Waals surface area contributed by atoms with E-state index >= 15 is 0 Å². The first-order valence-electron chi connectivity index (χ1n) is 7.36. The summed E-state index contributed by atoms with van der Waals surface area (Å²) in [5.74, 6) is -1.20. The number of carbonyl (C=O) groups is 3. The van der Waals surface area contributed by atoms with Crippen molar-refractivity contribution < 1.29 is 14.4 Å². The number of hydrogen-bond acceptors (Lipinski definition) is 5. The number of nitrogens with zero attached hydrogens (tertiary/aromatic N) is 2. The largest absolute Gasteiger partial charge is 0.325 e. The number of benzene rings is 1. The molecule has 0 aromatic heterocycles. The lowest BCUT2D eigenvalue weighted by atomic mass is 10.00. The molecule has 2 aliphatic rings. The van der Waals surface area contributed by atoms with Crippen LogP contribution >= 0.6 is 35.4 Å². The van der Waals surface area contributed by atoms with Crippen LogP contribution in [0.1, 0.15) is 20.3 Å². The Morgan fingerprint density at radius 3 is 2.48 bits per heavy atom. The van der Waals surface area contributed by atoms with Crippen molar-refractivity contribution in [3.05, 3.63) is 28.2 Å². The Labute approximate surface area is 159 Å². The zero-order chi connectivity index (χ0) is 18.5. The van der Waals surface area contributed by atoms with Gasteiger partial charge in [-0.05, 0) is 44.3 Å². The van der Waals surface area contributed by atoms with Crippen LogP contribution in [0.4, 0.5) is 5.69 Å². The predicted molar refractivity (Wildman–Crippen MR) is 97.0 cm³/mol. The van der Waals surface area contributed by atoms with Gasteiger partial charge in [-0.3, -0.25) is 19.7 Å². The first kappa shape index (κ1) is 18.1. The fourth-order valence-electron chi connectivity index (χ4n) is 2.91. The average Bonchev–Trinajstić information content (AvgIpc) is 2.83. The Morgan fingerprint density at radius 1 is 1.28 bits per heavy atom. The summed E-state index contributed by atoms with van der Waals surface area (Å²) in [6, 6.07) is 3.73. The molecule has 2 fully saturated rings. The van der Waals surface area contributed by atoms with Crippen molar-refractivity contribution in [2.45, 2.75) is 31.8 Å². The van der Waals surface area contributed by atoms with E-state index in [9.17, 15) is 14.4 Å². The molecule has 3 rings (SSSR count). The molecule has 10 heteroatoms. The lowest BCUT2D eigenvalue weighted by Crippen LogP contribution is -2.71. The van der Waals surface area contributed by atoms with E-state index in [4.69, 9.17) is 35.4 Å². The highest BCUT2D eigenvalue weighted by Crippen LogP contribution is 2.33. The summed E-state index contributed by atoms with van der Waals surface area (Å²) in [6.07, 6.45) is -0.0986. The number of anilines is 1. The maximum atomic E-state index is 12.7. The van der Waals surface area contributed by atoms with E-state index in [1.165, 1.54) is 16.1 Å². The highest BCUT2D eigenvalue weighted by molar-refractivity contribution is 7.80. The Kier molecular flexibility index (Phi) is 4.48. The molecule has 1 aromatic rings. The fourth-order valence-corrected chi connectivity index (χ4v) is 3.72. The summed E-state index contributed by atoms with van der Waals surface area (Å²) in [5, 5.41) is 8.46. The molecule has 0 saturated carbocycles. The van der Waals surface area contributed by atoms with E-state index < -0.39 is 17.5 Å². The van der Waals surface area contributed by atoms with Gasteiger partial charge >= 0.3 is 0 Å². The molecule has 2 aliphatic heterocycles. The zero-order valence-electron chi connectivity index (χ0n) is 13.3. The Hall–Kier alpha value is -1.74. The second-order valence-electron chi connectivity index (χ2n) is 6.24. The normalized spacial score (nSPS) is 22.6. The van der Waals surface area contributed by atoms with Gasteiger partial charge in [0.05, 0.1) is 6.42 Å². The van der Waals surface area contributed by atoms with Crippen molar-refractivity contribution >= 4 is 63.9 Å². The van der Waals surface area contributed by atoms with Crippen LogP contribution in [0.2, 0.25) is 10.0 Å². The molecular weight excluding hydrogens is 387 g/mol. The minimum atomic E-state index is -1.12. The fraction of sp³-hybridized carbons (Fsp3) is 0.333. The molecule has 0 aliphatic carbocycles. The van der Waals surface area contributed by atoms with Crippen LogP contribution < -0.4 is 10.6 Å². The Balaban J connectivity index is 1.91.